The molecule has 0 atom stereocenters. The summed E-state index contributed by atoms with van der Waals surface area (Å²) in [5.41, 5.74) is 1.59. The topological polar surface area (TPSA) is 92.2 Å². The molecule has 0 radical (unpaired) electrons. The molecule has 0 unspecified atom stereocenters. The summed E-state index contributed by atoms with van der Waals surface area (Å²) < 4.78 is 43.6. The summed E-state index contributed by atoms with van der Waals surface area (Å²) in [7, 11) is 0. The monoisotopic (exact) mass is 439 g/mol. The van der Waals surface area contributed by atoms with Gasteiger partial charge in [0.05, 0.1) is 23.4 Å². The Hall–Kier alpha value is -2.20. The van der Waals surface area contributed by atoms with Crippen molar-refractivity contribution in [2.45, 2.75) is 69.2 Å². The minimum Gasteiger partial charge on any atom is -0.474 e. The highest BCUT2D eigenvalue weighted by Gasteiger charge is 2.27. The number of hydrogen-bond acceptors (Lipinski definition) is 7. The molecule has 4 rings (SSSR count). The van der Waals surface area contributed by atoms with Crippen LogP contribution in [0.4, 0.5) is 19.1 Å². The van der Waals surface area contributed by atoms with Crippen LogP contribution in [0, 0.1) is 0 Å². The first-order valence-electron chi connectivity index (χ1n) is 10.9. The average molecular weight is 439 g/mol. The fourth-order valence-corrected chi connectivity index (χ4v) is 4.27. The minimum absolute atomic E-state index is 0.0530. The Balaban J connectivity index is 1.62. The molecule has 170 valence electrons. The van der Waals surface area contributed by atoms with E-state index in [2.05, 4.69) is 25.6 Å². The standard InChI is InChI=1S/C21H28F3N5O2/c22-21(23,24)7-10-26-20-28-12-17-18(29-20)16(13-1-3-14(30)4-2-13)11-27-19(17)31-15-5-8-25-9-6-15/h11-15,25,30H,1-10H2,(H,26,28,29)/t13-,14-. The third-order valence-corrected chi connectivity index (χ3v) is 6.01. The van der Waals surface area contributed by atoms with E-state index in [0.717, 1.165) is 44.3 Å². The molecule has 0 bridgehead atoms. The van der Waals surface area contributed by atoms with Gasteiger partial charge in [0.25, 0.3) is 0 Å². The molecule has 3 heterocycles. The first kappa shape index (κ1) is 22.0. The Bertz CT molecular complexity index is 881. The van der Waals surface area contributed by atoms with Gasteiger partial charge in [-0.25, -0.2) is 15.0 Å². The van der Waals surface area contributed by atoms with Gasteiger partial charge in [0.15, 0.2) is 0 Å². The molecule has 2 aliphatic rings. The Morgan fingerprint density at radius 1 is 1.06 bits per heavy atom. The Morgan fingerprint density at radius 3 is 2.52 bits per heavy atom. The number of pyridine rings is 1. The van der Waals surface area contributed by atoms with Gasteiger partial charge in [-0.05, 0) is 57.5 Å². The summed E-state index contributed by atoms with van der Waals surface area (Å²) >= 11 is 0. The van der Waals surface area contributed by atoms with Gasteiger partial charge in [-0.15, -0.1) is 0 Å². The third-order valence-electron chi connectivity index (χ3n) is 6.01. The Kier molecular flexibility index (Phi) is 6.76. The zero-order valence-corrected chi connectivity index (χ0v) is 17.3. The second-order valence-electron chi connectivity index (χ2n) is 8.34. The van der Waals surface area contributed by atoms with E-state index >= 15 is 0 Å². The molecular formula is C21H28F3N5O2. The molecule has 0 aromatic carbocycles. The van der Waals surface area contributed by atoms with Crippen LogP contribution in [0.5, 0.6) is 5.88 Å². The second kappa shape index (κ2) is 9.52. The lowest BCUT2D eigenvalue weighted by molar-refractivity contribution is -0.131. The Morgan fingerprint density at radius 2 is 1.81 bits per heavy atom. The zero-order valence-electron chi connectivity index (χ0n) is 17.3. The highest BCUT2D eigenvalue weighted by atomic mass is 19.4. The van der Waals surface area contributed by atoms with Crippen molar-refractivity contribution in [2.75, 3.05) is 25.0 Å². The number of alkyl halides is 3. The van der Waals surface area contributed by atoms with Crippen LogP contribution in [-0.4, -0.2) is 58.1 Å². The van der Waals surface area contributed by atoms with Crippen LogP contribution in [0.2, 0.25) is 0 Å². The maximum atomic E-state index is 12.5. The van der Waals surface area contributed by atoms with Crippen molar-refractivity contribution in [3.8, 4) is 5.88 Å². The second-order valence-corrected chi connectivity index (χ2v) is 8.34. The lowest BCUT2D eigenvalue weighted by atomic mass is 9.83. The molecule has 1 saturated carbocycles. The van der Waals surface area contributed by atoms with Crippen LogP contribution >= 0.6 is 0 Å². The molecule has 10 heteroatoms. The fourth-order valence-electron chi connectivity index (χ4n) is 4.27. The van der Waals surface area contributed by atoms with Gasteiger partial charge >= 0.3 is 6.18 Å². The molecule has 2 aromatic rings. The highest BCUT2D eigenvalue weighted by molar-refractivity contribution is 5.86. The molecule has 2 aromatic heterocycles. The summed E-state index contributed by atoms with van der Waals surface area (Å²) in [5, 5.41) is 16.5. The quantitative estimate of drug-likeness (QED) is 0.634. The normalized spacial score (nSPS) is 23.1. The van der Waals surface area contributed by atoms with Gasteiger partial charge in [-0.1, -0.05) is 0 Å². The van der Waals surface area contributed by atoms with Gasteiger partial charge in [0, 0.05) is 24.5 Å². The van der Waals surface area contributed by atoms with Gasteiger partial charge in [-0.3, -0.25) is 0 Å². The molecule has 31 heavy (non-hydrogen) atoms. The van der Waals surface area contributed by atoms with Crippen molar-refractivity contribution >= 4 is 16.9 Å². The predicted molar refractivity (Wildman–Crippen MR) is 110 cm³/mol. The first-order chi connectivity index (χ1) is 14.9. The molecule has 0 amide bonds. The number of aliphatic hydroxyl groups is 1. The first-order valence-corrected chi connectivity index (χ1v) is 10.9. The van der Waals surface area contributed by atoms with E-state index in [9.17, 15) is 18.3 Å². The smallest absolute Gasteiger partial charge is 0.390 e. The zero-order chi connectivity index (χ0) is 21.8. The number of anilines is 1. The molecule has 1 aliphatic carbocycles. The number of aliphatic hydroxyl groups excluding tert-OH is 1. The van der Waals surface area contributed by atoms with Crippen molar-refractivity contribution in [3.63, 3.8) is 0 Å². The van der Waals surface area contributed by atoms with E-state index in [0.29, 0.717) is 29.6 Å². The molecule has 0 spiro atoms. The number of aromatic nitrogens is 3. The summed E-state index contributed by atoms with van der Waals surface area (Å²) in [6.07, 6.45) is 2.73. The van der Waals surface area contributed by atoms with Crippen molar-refractivity contribution in [2.24, 2.45) is 0 Å². The number of nitrogens with one attached hydrogen (secondary N) is 2. The molecule has 3 N–H and O–H groups in total. The molecule has 1 aliphatic heterocycles. The number of halogens is 3. The van der Waals surface area contributed by atoms with E-state index in [1.54, 1.807) is 12.4 Å². The number of piperidine rings is 1. The maximum absolute atomic E-state index is 12.5. The number of rotatable bonds is 6. The number of nitrogens with zero attached hydrogens (tertiary/aromatic N) is 3. The predicted octanol–water partition coefficient (Wildman–Crippen LogP) is 3.54. The van der Waals surface area contributed by atoms with E-state index in [1.165, 1.54) is 0 Å². The van der Waals surface area contributed by atoms with Crippen LogP contribution in [0.15, 0.2) is 12.4 Å². The van der Waals surface area contributed by atoms with Crippen molar-refractivity contribution in [1.82, 2.24) is 20.3 Å². The largest absolute Gasteiger partial charge is 0.474 e. The van der Waals surface area contributed by atoms with Gasteiger partial charge in [-0.2, -0.15) is 13.2 Å². The summed E-state index contributed by atoms with van der Waals surface area (Å²) in [6.45, 7) is 1.48. The molecule has 1 saturated heterocycles. The van der Waals surface area contributed by atoms with Crippen molar-refractivity contribution in [1.29, 1.82) is 0 Å². The van der Waals surface area contributed by atoms with Crippen molar-refractivity contribution < 1.29 is 23.0 Å². The van der Waals surface area contributed by atoms with Gasteiger partial charge in [0.1, 0.15) is 6.10 Å². The fraction of sp³-hybridized carbons (Fsp3) is 0.667. The molecule has 2 fully saturated rings. The van der Waals surface area contributed by atoms with Gasteiger partial charge < -0.3 is 20.5 Å². The van der Waals surface area contributed by atoms with Gasteiger partial charge in [0.2, 0.25) is 11.8 Å². The van der Waals surface area contributed by atoms with Crippen LogP contribution in [0.3, 0.4) is 0 Å². The van der Waals surface area contributed by atoms with Crippen molar-refractivity contribution in [3.05, 3.63) is 18.0 Å². The lowest BCUT2D eigenvalue weighted by Crippen LogP contribution is -2.34. The number of ether oxygens (including phenoxy) is 1. The number of hydrogen-bond donors (Lipinski definition) is 3. The average Bonchev–Trinajstić information content (AvgIpc) is 2.74. The summed E-state index contributed by atoms with van der Waals surface area (Å²) in [5.74, 6) is 0.806. The molecular weight excluding hydrogens is 411 g/mol. The molecule has 7 nitrogen and oxygen atoms in total. The van der Waals surface area contributed by atoms with Crippen LogP contribution in [0.25, 0.3) is 10.9 Å². The lowest BCUT2D eigenvalue weighted by Gasteiger charge is -2.27. The van der Waals surface area contributed by atoms with Crippen LogP contribution in [0.1, 0.15) is 56.4 Å². The van der Waals surface area contributed by atoms with E-state index in [4.69, 9.17) is 4.74 Å². The van der Waals surface area contributed by atoms with E-state index < -0.39 is 12.6 Å². The van der Waals surface area contributed by atoms with Crippen LogP contribution < -0.4 is 15.4 Å². The minimum atomic E-state index is -4.24. The maximum Gasteiger partial charge on any atom is 0.390 e. The van der Waals surface area contributed by atoms with E-state index in [-0.39, 0.29) is 30.6 Å². The third kappa shape index (κ3) is 5.74. The summed E-state index contributed by atoms with van der Waals surface area (Å²) in [4.78, 5) is 13.3. The van der Waals surface area contributed by atoms with E-state index in [1.807, 2.05) is 0 Å². The number of fused-ring (bicyclic) bond motifs is 1. The Labute approximate surface area is 178 Å². The highest BCUT2D eigenvalue weighted by Crippen LogP contribution is 2.38. The summed E-state index contributed by atoms with van der Waals surface area (Å²) in [6, 6.07) is 0. The SMILES string of the molecule is O[C@H]1CC[C@H](c2cnc(OC3CCNCC3)c3cnc(NCCC(F)(F)F)nc32)CC1. The van der Waals surface area contributed by atoms with Crippen LogP contribution in [-0.2, 0) is 0 Å².